The lowest BCUT2D eigenvalue weighted by atomic mass is 10.1. The Bertz CT molecular complexity index is 1540. The van der Waals surface area contributed by atoms with Crippen molar-refractivity contribution in [2.75, 3.05) is 59.2 Å². The number of anilines is 1. The molecule has 1 atom stereocenters. The van der Waals surface area contributed by atoms with Crippen molar-refractivity contribution in [3.05, 3.63) is 63.8 Å². The molecule has 2 N–H and O–H groups in total. The van der Waals surface area contributed by atoms with E-state index in [9.17, 15) is 23.9 Å². The summed E-state index contributed by atoms with van der Waals surface area (Å²) in [5.74, 6) is -1.55. The third kappa shape index (κ3) is 7.49. The van der Waals surface area contributed by atoms with Gasteiger partial charge in [0.1, 0.15) is 0 Å². The van der Waals surface area contributed by atoms with Gasteiger partial charge in [0.25, 0.3) is 11.8 Å². The molecule has 1 aromatic heterocycles. The summed E-state index contributed by atoms with van der Waals surface area (Å²) in [6, 6.07) is 7.59. The molecule has 0 bridgehead atoms. The number of aromatic nitrogens is 2. The van der Waals surface area contributed by atoms with Gasteiger partial charge in [-0.15, -0.1) is 0 Å². The second-order valence-electron chi connectivity index (χ2n) is 10.7. The summed E-state index contributed by atoms with van der Waals surface area (Å²) < 4.78 is 20.9. The number of methoxy groups -OCH3 is 1. The number of imidazole rings is 1. The quantitative estimate of drug-likeness (QED) is 0.343. The number of nitrogens with zero attached hydrogens (tertiary/aromatic N) is 5. The minimum absolute atomic E-state index is 0.00164. The largest absolute Gasteiger partial charge is 0.494 e. The van der Waals surface area contributed by atoms with E-state index in [4.69, 9.17) is 27.9 Å². The zero-order chi connectivity index (χ0) is 32.1. The maximum absolute atomic E-state index is 14.5. The number of carbonyl (C=O) groups is 3. The Labute approximate surface area is 265 Å². The summed E-state index contributed by atoms with van der Waals surface area (Å²) in [5, 5.41) is 12.7. The monoisotopic (exact) mass is 648 g/mol. The highest BCUT2D eigenvalue weighted by Gasteiger charge is 2.27. The lowest BCUT2D eigenvalue weighted by Crippen LogP contribution is -2.50. The maximum Gasteiger partial charge on any atom is 0.291 e. The van der Waals surface area contributed by atoms with E-state index >= 15 is 0 Å². The number of piperazine rings is 1. The Morgan fingerprint density at radius 1 is 1.11 bits per heavy atom. The Morgan fingerprint density at radius 3 is 2.43 bits per heavy atom. The number of likely N-dealkylation sites (N-methyl/N-ethyl adjacent to an activating group) is 1. The smallest absolute Gasteiger partial charge is 0.291 e. The van der Waals surface area contributed by atoms with Crippen molar-refractivity contribution in [2.24, 2.45) is 7.05 Å². The number of nitrogens with one attached hydrogen (secondary N) is 1. The molecule has 0 saturated carbocycles. The van der Waals surface area contributed by atoms with Gasteiger partial charge < -0.3 is 34.4 Å². The van der Waals surface area contributed by atoms with Gasteiger partial charge in [-0.05, 0) is 50.8 Å². The SMILES string of the molecule is COc1ccc(-c2cnc(C(=O)Nc3ccc(C(=O)N4CCN(C(=O)CC[C@@H](O)CN(C)C)CC4)c(Cl)c3)n2C)c(Cl)c1F. The van der Waals surface area contributed by atoms with Gasteiger partial charge in [0.2, 0.25) is 5.91 Å². The number of carbonyl (C=O) groups excluding carboxylic acids is 3. The first-order chi connectivity index (χ1) is 20.9. The average molecular weight is 650 g/mol. The van der Waals surface area contributed by atoms with Crippen LogP contribution in [-0.4, -0.2) is 107 Å². The minimum Gasteiger partial charge on any atom is -0.494 e. The molecule has 14 heteroatoms. The summed E-state index contributed by atoms with van der Waals surface area (Å²) in [4.78, 5) is 48.2. The molecule has 2 aromatic carbocycles. The predicted octanol–water partition coefficient (Wildman–Crippen LogP) is 3.78. The molecule has 3 amide bonds. The molecule has 1 fully saturated rings. The van der Waals surface area contributed by atoms with Crippen molar-refractivity contribution < 1.29 is 28.6 Å². The van der Waals surface area contributed by atoms with Gasteiger partial charge in [0.15, 0.2) is 17.4 Å². The van der Waals surface area contributed by atoms with Gasteiger partial charge in [0.05, 0.1) is 40.7 Å². The van der Waals surface area contributed by atoms with Crippen LogP contribution in [0.15, 0.2) is 36.5 Å². The molecular formula is C30H35Cl2FN6O5. The summed E-state index contributed by atoms with van der Waals surface area (Å²) in [6.07, 6.45) is 1.47. The van der Waals surface area contributed by atoms with Gasteiger partial charge in [-0.25, -0.2) is 9.37 Å². The van der Waals surface area contributed by atoms with Crippen molar-refractivity contribution in [3.63, 3.8) is 0 Å². The van der Waals surface area contributed by atoms with Crippen molar-refractivity contribution in [1.29, 1.82) is 0 Å². The molecule has 0 radical (unpaired) electrons. The van der Waals surface area contributed by atoms with Crippen LogP contribution in [-0.2, 0) is 11.8 Å². The van der Waals surface area contributed by atoms with Crippen LogP contribution in [0.5, 0.6) is 5.75 Å². The molecule has 11 nitrogen and oxygen atoms in total. The normalized spacial score (nSPS) is 14.1. The van der Waals surface area contributed by atoms with Crippen LogP contribution in [0, 0.1) is 5.82 Å². The molecule has 2 heterocycles. The standard InChI is InChI=1S/C30H35Cl2FN6O5/c1-36(2)17-19(40)6-10-25(41)38-11-13-39(14-12-38)30(43)20-7-5-18(15-22(20)31)35-29(42)28-34-16-23(37(28)3)21-8-9-24(44-4)27(33)26(21)32/h5,7-9,15-16,19,40H,6,10-14,17H2,1-4H3,(H,35,42)/t19-/m1/s1. The number of hydrogen-bond donors (Lipinski definition) is 2. The van der Waals surface area contributed by atoms with Crippen molar-refractivity contribution >= 4 is 46.6 Å². The first-order valence-electron chi connectivity index (χ1n) is 14.0. The third-order valence-corrected chi connectivity index (χ3v) is 8.06. The van der Waals surface area contributed by atoms with Crippen molar-refractivity contribution in [3.8, 4) is 17.0 Å². The third-order valence-electron chi connectivity index (χ3n) is 7.38. The molecule has 44 heavy (non-hydrogen) atoms. The van der Waals surface area contributed by atoms with Gasteiger partial charge >= 0.3 is 0 Å². The number of rotatable bonds is 10. The van der Waals surface area contributed by atoms with Crippen LogP contribution >= 0.6 is 23.2 Å². The van der Waals surface area contributed by atoms with Crippen LogP contribution in [0.1, 0.15) is 33.8 Å². The number of ether oxygens (including phenoxy) is 1. The molecule has 1 aliphatic heterocycles. The number of amides is 3. The minimum atomic E-state index is -0.717. The fourth-order valence-corrected chi connectivity index (χ4v) is 5.52. The van der Waals surface area contributed by atoms with E-state index in [0.717, 1.165) is 0 Å². The lowest BCUT2D eigenvalue weighted by molar-refractivity contribution is -0.133. The molecule has 236 valence electrons. The first-order valence-corrected chi connectivity index (χ1v) is 14.7. The van der Waals surface area contributed by atoms with Gasteiger partial charge in [-0.2, -0.15) is 0 Å². The van der Waals surface area contributed by atoms with Crippen LogP contribution in [0.3, 0.4) is 0 Å². The zero-order valence-electron chi connectivity index (χ0n) is 24.9. The lowest BCUT2D eigenvalue weighted by Gasteiger charge is -2.35. The van der Waals surface area contributed by atoms with E-state index in [2.05, 4.69) is 10.3 Å². The first kappa shape index (κ1) is 33.2. The summed E-state index contributed by atoms with van der Waals surface area (Å²) in [5.41, 5.74) is 1.38. The van der Waals surface area contributed by atoms with Gasteiger partial charge in [0, 0.05) is 57.4 Å². The Hall–Kier alpha value is -3.71. The maximum atomic E-state index is 14.5. The second-order valence-corrected chi connectivity index (χ2v) is 11.5. The number of halogens is 3. The number of aliphatic hydroxyl groups is 1. The fourth-order valence-electron chi connectivity index (χ4n) is 5.00. The molecular weight excluding hydrogens is 614 g/mol. The van der Waals surface area contributed by atoms with Crippen LogP contribution < -0.4 is 10.1 Å². The van der Waals surface area contributed by atoms with Crippen LogP contribution in [0.4, 0.5) is 10.1 Å². The number of benzene rings is 2. The average Bonchev–Trinajstić information content (AvgIpc) is 3.37. The highest BCUT2D eigenvalue weighted by molar-refractivity contribution is 6.34. The molecule has 0 aliphatic carbocycles. The zero-order valence-corrected chi connectivity index (χ0v) is 26.5. The van der Waals surface area contributed by atoms with E-state index in [0.29, 0.717) is 56.1 Å². The number of aliphatic hydroxyl groups excluding tert-OH is 1. The molecule has 3 aromatic rings. The molecule has 4 rings (SSSR count). The topological polar surface area (TPSA) is 120 Å². The Morgan fingerprint density at radius 2 is 1.80 bits per heavy atom. The Balaban J connectivity index is 1.36. The predicted molar refractivity (Wildman–Crippen MR) is 166 cm³/mol. The van der Waals surface area contributed by atoms with Crippen molar-refractivity contribution in [2.45, 2.75) is 18.9 Å². The van der Waals surface area contributed by atoms with Crippen molar-refractivity contribution in [1.82, 2.24) is 24.3 Å². The molecule has 1 saturated heterocycles. The fraction of sp³-hybridized carbons (Fsp3) is 0.400. The van der Waals surface area contributed by atoms with E-state index < -0.39 is 17.8 Å². The van der Waals surface area contributed by atoms with Crippen LogP contribution in [0.2, 0.25) is 10.0 Å². The molecule has 1 aliphatic rings. The van der Waals surface area contributed by atoms with Gasteiger partial charge in [-0.3, -0.25) is 14.4 Å². The summed E-state index contributed by atoms with van der Waals surface area (Å²) in [6.45, 7) is 1.97. The van der Waals surface area contributed by atoms with E-state index in [1.54, 1.807) is 29.0 Å². The summed E-state index contributed by atoms with van der Waals surface area (Å²) >= 11 is 12.7. The van der Waals surface area contributed by atoms with E-state index in [1.807, 2.05) is 19.0 Å². The van der Waals surface area contributed by atoms with E-state index in [1.165, 1.54) is 36.1 Å². The molecule has 0 unspecified atom stereocenters. The molecule has 0 spiro atoms. The summed E-state index contributed by atoms with van der Waals surface area (Å²) in [7, 11) is 6.66. The second kappa shape index (κ2) is 14.4. The highest BCUT2D eigenvalue weighted by atomic mass is 35.5. The number of hydrogen-bond acceptors (Lipinski definition) is 7. The highest BCUT2D eigenvalue weighted by Crippen LogP contribution is 2.35. The van der Waals surface area contributed by atoms with E-state index in [-0.39, 0.29) is 45.4 Å². The van der Waals surface area contributed by atoms with Gasteiger partial charge in [-0.1, -0.05) is 23.2 Å². The van der Waals surface area contributed by atoms with Crippen LogP contribution in [0.25, 0.3) is 11.3 Å². The Kier molecular flexibility index (Phi) is 10.8.